The van der Waals surface area contributed by atoms with E-state index in [1.165, 1.54) is 0 Å². The molecule has 0 unspecified atom stereocenters. The minimum absolute atomic E-state index is 1.69. The van der Waals surface area contributed by atoms with Gasteiger partial charge in [-0.3, -0.25) is 4.57 Å². The molecular formula is C10H8F15O3P. The second-order valence-corrected chi connectivity index (χ2v) is 7.34. The summed E-state index contributed by atoms with van der Waals surface area (Å²) in [4.78, 5) is 16.6. The first-order chi connectivity index (χ1) is 12.2. The monoisotopic (exact) mass is 492 g/mol. The molecule has 0 radical (unpaired) electrons. The number of rotatable bonds is 9. The Morgan fingerprint density at radius 1 is 0.552 bits per heavy atom. The highest BCUT2D eigenvalue weighted by Gasteiger charge is 2.93. The Morgan fingerprint density at radius 2 is 0.862 bits per heavy atom. The minimum Gasteiger partial charge on any atom is -0.324 e. The van der Waals surface area contributed by atoms with Gasteiger partial charge in [0.15, 0.2) is 0 Å². The van der Waals surface area contributed by atoms with Crippen LogP contribution < -0.4 is 0 Å². The Kier molecular flexibility index (Phi) is 7.13. The highest BCUT2D eigenvalue weighted by Crippen LogP contribution is 2.62. The fraction of sp³-hybridized carbons (Fsp3) is 1.00. The lowest BCUT2D eigenvalue weighted by atomic mass is 9.90. The number of hydrogen-bond donors (Lipinski definition) is 2. The molecule has 176 valence electrons. The molecule has 3 nitrogen and oxygen atoms in total. The molecule has 2 N–H and O–H groups in total. The summed E-state index contributed by atoms with van der Waals surface area (Å²) in [5.41, 5.74) is 0. The summed E-state index contributed by atoms with van der Waals surface area (Å²) < 4.78 is 203. The van der Waals surface area contributed by atoms with E-state index in [1.807, 2.05) is 0 Å². The molecule has 0 atom stereocenters. The fourth-order valence-electron chi connectivity index (χ4n) is 1.66. The van der Waals surface area contributed by atoms with E-state index in [9.17, 15) is 70.4 Å². The quantitative estimate of drug-likeness (QED) is 0.339. The van der Waals surface area contributed by atoms with Crippen LogP contribution in [0.4, 0.5) is 65.9 Å². The van der Waals surface area contributed by atoms with Gasteiger partial charge in [-0.1, -0.05) is 0 Å². The van der Waals surface area contributed by atoms with Gasteiger partial charge < -0.3 is 9.79 Å². The van der Waals surface area contributed by atoms with Gasteiger partial charge in [-0.05, 0) is 6.42 Å². The van der Waals surface area contributed by atoms with Crippen LogP contribution in [0, 0.1) is 0 Å². The van der Waals surface area contributed by atoms with Gasteiger partial charge in [0.25, 0.3) is 0 Å². The van der Waals surface area contributed by atoms with Gasteiger partial charge in [0.1, 0.15) is 0 Å². The van der Waals surface area contributed by atoms with Crippen molar-refractivity contribution in [2.75, 3.05) is 6.16 Å². The van der Waals surface area contributed by atoms with Crippen LogP contribution in [0.2, 0.25) is 0 Å². The van der Waals surface area contributed by atoms with Crippen molar-refractivity contribution in [1.29, 1.82) is 0 Å². The van der Waals surface area contributed by atoms with Crippen LogP contribution in [0.1, 0.15) is 12.8 Å². The molecule has 0 amide bonds. The smallest absolute Gasteiger partial charge is 0.324 e. The van der Waals surface area contributed by atoms with Crippen molar-refractivity contribution in [1.82, 2.24) is 0 Å². The van der Waals surface area contributed by atoms with E-state index >= 15 is 0 Å². The van der Waals surface area contributed by atoms with Crippen molar-refractivity contribution >= 4 is 7.60 Å². The van der Waals surface area contributed by atoms with Crippen LogP contribution in [0.25, 0.3) is 0 Å². The molecule has 0 aromatic rings. The lowest BCUT2D eigenvalue weighted by molar-refractivity contribution is -0.452. The van der Waals surface area contributed by atoms with Crippen LogP contribution in [0.5, 0.6) is 0 Å². The largest absolute Gasteiger partial charge is 0.460 e. The molecule has 0 aliphatic carbocycles. The molecule has 0 saturated carbocycles. The topological polar surface area (TPSA) is 57.5 Å². The Bertz CT molecular complexity index is 635. The first kappa shape index (κ1) is 28.1. The van der Waals surface area contributed by atoms with Crippen LogP contribution in [0.3, 0.4) is 0 Å². The molecule has 0 saturated heterocycles. The summed E-state index contributed by atoms with van der Waals surface area (Å²) in [6.45, 7) is 0. The molecule has 19 heteroatoms. The van der Waals surface area contributed by atoms with Gasteiger partial charge in [0.2, 0.25) is 0 Å². The van der Waals surface area contributed by atoms with Gasteiger partial charge in [0, 0.05) is 6.42 Å². The molecule has 0 fully saturated rings. The zero-order valence-electron chi connectivity index (χ0n) is 13.0. The summed E-state index contributed by atoms with van der Waals surface area (Å²) >= 11 is 0. The van der Waals surface area contributed by atoms with Crippen molar-refractivity contribution in [3.8, 4) is 0 Å². The summed E-state index contributed by atoms with van der Waals surface area (Å²) in [6, 6.07) is 0. The summed E-state index contributed by atoms with van der Waals surface area (Å²) in [5, 5.41) is 0. The second kappa shape index (κ2) is 7.35. The third-order valence-electron chi connectivity index (χ3n) is 3.33. The Labute approximate surface area is 150 Å². The molecule has 0 spiro atoms. The zero-order chi connectivity index (χ0) is 24.1. The fourth-order valence-corrected chi connectivity index (χ4v) is 2.23. The molecular weight excluding hydrogens is 484 g/mol. The molecule has 0 aromatic heterocycles. The third-order valence-corrected chi connectivity index (χ3v) is 4.23. The zero-order valence-corrected chi connectivity index (χ0v) is 13.9. The normalized spacial score (nSPS) is 16.3. The number of hydrogen-bond acceptors (Lipinski definition) is 1. The van der Waals surface area contributed by atoms with Crippen molar-refractivity contribution in [2.24, 2.45) is 0 Å². The maximum Gasteiger partial charge on any atom is 0.460 e. The van der Waals surface area contributed by atoms with Crippen LogP contribution >= 0.6 is 7.60 Å². The van der Waals surface area contributed by atoms with Crippen LogP contribution in [0.15, 0.2) is 0 Å². The van der Waals surface area contributed by atoms with E-state index in [0.29, 0.717) is 0 Å². The predicted octanol–water partition coefficient (Wildman–Crippen LogP) is 5.32. The molecule has 0 aliphatic rings. The first-order valence-corrected chi connectivity index (χ1v) is 8.38. The van der Waals surface area contributed by atoms with Crippen molar-refractivity contribution in [2.45, 2.75) is 54.6 Å². The van der Waals surface area contributed by atoms with E-state index in [0.717, 1.165) is 0 Å². The molecule has 0 bridgehead atoms. The standard InChI is InChI=1S/C10H8F15O3P/c11-4(12,2-1-3-29(26,27)28)5(13,14)6(15,16)7(17,18)8(19,20)9(21,22)10(23,24)25/h1-3H2,(H2,26,27,28). The maximum atomic E-state index is 13.3. The van der Waals surface area contributed by atoms with Crippen molar-refractivity contribution < 1.29 is 80.2 Å². The lowest BCUT2D eigenvalue weighted by Crippen LogP contribution is -2.72. The van der Waals surface area contributed by atoms with E-state index in [2.05, 4.69) is 0 Å². The van der Waals surface area contributed by atoms with Gasteiger partial charge >= 0.3 is 49.3 Å². The van der Waals surface area contributed by atoms with Gasteiger partial charge in [-0.15, -0.1) is 0 Å². The number of alkyl halides is 15. The molecule has 29 heavy (non-hydrogen) atoms. The van der Waals surface area contributed by atoms with Crippen molar-refractivity contribution in [3.05, 3.63) is 0 Å². The van der Waals surface area contributed by atoms with Crippen molar-refractivity contribution in [3.63, 3.8) is 0 Å². The second-order valence-electron chi connectivity index (χ2n) is 5.57. The molecule has 0 rings (SSSR count). The van der Waals surface area contributed by atoms with Crippen LogP contribution in [-0.4, -0.2) is 57.7 Å². The maximum absolute atomic E-state index is 13.3. The van der Waals surface area contributed by atoms with Gasteiger partial charge in [-0.25, -0.2) is 0 Å². The highest BCUT2D eigenvalue weighted by molar-refractivity contribution is 7.51. The summed E-state index contributed by atoms with van der Waals surface area (Å²) in [5.74, 6) is -47.0. The van der Waals surface area contributed by atoms with Gasteiger partial charge in [0.05, 0.1) is 6.16 Å². The van der Waals surface area contributed by atoms with E-state index in [4.69, 9.17) is 9.79 Å². The molecule has 0 aliphatic heterocycles. The average molecular weight is 492 g/mol. The number of halogens is 15. The minimum atomic E-state index is -8.37. The molecule has 0 aromatic carbocycles. The van der Waals surface area contributed by atoms with Crippen LogP contribution in [-0.2, 0) is 4.57 Å². The average Bonchev–Trinajstić information content (AvgIpc) is 2.43. The predicted molar refractivity (Wildman–Crippen MR) is 61.9 cm³/mol. The summed E-state index contributed by atoms with van der Waals surface area (Å²) in [7, 11) is -5.20. The summed E-state index contributed by atoms with van der Waals surface area (Å²) in [6.07, 6.45) is -13.9. The lowest BCUT2D eigenvalue weighted by Gasteiger charge is -2.41. The van der Waals surface area contributed by atoms with Gasteiger partial charge in [-0.2, -0.15) is 65.9 Å². The first-order valence-electron chi connectivity index (χ1n) is 6.59. The van der Waals surface area contributed by atoms with E-state index in [1.54, 1.807) is 0 Å². The van der Waals surface area contributed by atoms with E-state index < -0.39 is 68.3 Å². The Balaban J connectivity index is 6.19. The molecule has 0 heterocycles. The van der Waals surface area contributed by atoms with E-state index in [-0.39, 0.29) is 0 Å². The third kappa shape index (κ3) is 4.57. The Morgan fingerprint density at radius 3 is 1.17 bits per heavy atom. The SMILES string of the molecule is O=P(O)(O)CCCC(F)(F)C(F)(F)C(F)(F)C(F)(F)C(F)(F)C(F)(F)C(F)(F)F. The Hall–Kier alpha value is -0.900. The highest BCUT2D eigenvalue weighted by atomic mass is 31.2.